The molecule has 5 heteroatoms. The van der Waals surface area contributed by atoms with Crippen LogP contribution in [0.5, 0.6) is 0 Å². The maximum atomic E-state index is 12.9. The predicted molar refractivity (Wildman–Crippen MR) is 103 cm³/mol. The van der Waals surface area contributed by atoms with Crippen LogP contribution in [0.2, 0.25) is 0 Å². The first-order valence-corrected chi connectivity index (χ1v) is 10.1. The number of aromatic nitrogens is 1. The number of nitrogens with zero attached hydrogens (tertiary/aromatic N) is 3. The third-order valence-corrected chi connectivity index (χ3v) is 6.24. The summed E-state index contributed by atoms with van der Waals surface area (Å²) in [5, 5.41) is 3.19. The van der Waals surface area contributed by atoms with Crippen molar-refractivity contribution in [2.24, 2.45) is 0 Å². The maximum absolute atomic E-state index is 12.9. The Morgan fingerprint density at radius 1 is 1.32 bits per heavy atom. The van der Waals surface area contributed by atoms with E-state index in [2.05, 4.69) is 40.4 Å². The minimum atomic E-state index is 0.241. The molecule has 2 aliphatic heterocycles. The van der Waals surface area contributed by atoms with E-state index < -0.39 is 0 Å². The number of thiazole rings is 1. The predicted octanol–water partition coefficient (Wildman–Crippen LogP) is 3.88. The molecule has 2 aliphatic rings. The van der Waals surface area contributed by atoms with Crippen molar-refractivity contribution in [2.75, 3.05) is 24.5 Å². The smallest absolute Gasteiger partial charge is 0.241 e. The summed E-state index contributed by atoms with van der Waals surface area (Å²) in [6.07, 6.45) is 4.65. The van der Waals surface area contributed by atoms with Crippen molar-refractivity contribution in [1.29, 1.82) is 0 Å². The molecule has 0 saturated carbocycles. The number of rotatable bonds is 3. The van der Waals surface area contributed by atoms with Gasteiger partial charge in [0.15, 0.2) is 0 Å². The molecule has 4 rings (SSSR count). The van der Waals surface area contributed by atoms with Crippen LogP contribution in [-0.4, -0.2) is 41.5 Å². The molecule has 132 valence electrons. The summed E-state index contributed by atoms with van der Waals surface area (Å²) in [6.45, 7) is 6.68. The first kappa shape index (κ1) is 16.7. The minimum Gasteiger partial charge on any atom is -0.311 e. The van der Waals surface area contributed by atoms with E-state index in [1.807, 2.05) is 11.8 Å². The van der Waals surface area contributed by atoms with Crippen molar-refractivity contribution in [3.63, 3.8) is 0 Å². The number of piperidine rings is 1. The molecule has 0 spiro atoms. The van der Waals surface area contributed by atoms with Crippen LogP contribution in [0.15, 0.2) is 23.6 Å². The topological polar surface area (TPSA) is 36.4 Å². The average molecular weight is 356 g/mol. The molecule has 3 heterocycles. The normalized spacial score (nSPS) is 20.7. The number of aryl methyl sites for hydroxylation is 1. The fourth-order valence-corrected chi connectivity index (χ4v) is 4.59. The standard InChI is InChI=1S/C20H25N3OS/c1-14-5-3-4-9-22(14)12-20(24)23-10-8-17-11-16(6-7-19(17)23)18-13-25-15(2)21-18/h6-7,11,13-14H,3-5,8-10,12H2,1-2H3. The lowest BCUT2D eigenvalue weighted by molar-refractivity contribution is -0.120. The average Bonchev–Trinajstić information content (AvgIpc) is 3.22. The van der Waals surface area contributed by atoms with Gasteiger partial charge in [0, 0.05) is 29.2 Å². The maximum Gasteiger partial charge on any atom is 0.241 e. The lowest BCUT2D eigenvalue weighted by Gasteiger charge is -2.33. The number of hydrogen-bond acceptors (Lipinski definition) is 4. The summed E-state index contributed by atoms with van der Waals surface area (Å²) in [5.41, 5.74) is 4.55. The minimum absolute atomic E-state index is 0.241. The van der Waals surface area contributed by atoms with Crippen LogP contribution >= 0.6 is 11.3 Å². The molecule has 0 bridgehead atoms. The van der Waals surface area contributed by atoms with Gasteiger partial charge in [-0.15, -0.1) is 11.3 Å². The van der Waals surface area contributed by atoms with Gasteiger partial charge in [-0.2, -0.15) is 0 Å². The number of carbonyl (C=O) groups excluding carboxylic acids is 1. The number of amides is 1. The van der Waals surface area contributed by atoms with Gasteiger partial charge in [-0.05, 0) is 57.4 Å². The van der Waals surface area contributed by atoms with E-state index in [0.29, 0.717) is 12.6 Å². The zero-order chi connectivity index (χ0) is 17.4. The molecular formula is C20H25N3OS. The van der Waals surface area contributed by atoms with Crippen LogP contribution in [-0.2, 0) is 11.2 Å². The lowest BCUT2D eigenvalue weighted by atomic mass is 10.0. The summed E-state index contributed by atoms with van der Waals surface area (Å²) in [4.78, 5) is 21.8. The molecule has 2 aromatic rings. The molecule has 1 saturated heterocycles. The van der Waals surface area contributed by atoms with Gasteiger partial charge in [0.2, 0.25) is 5.91 Å². The van der Waals surface area contributed by atoms with Crippen molar-refractivity contribution < 1.29 is 4.79 Å². The van der Waals surface area contributed by atoms with Crippen LogP contribution < -0.4 is 4.90 Å². The van der Waals surface area contributed by atoms with E-state index in [1.165, 1.54) is 24.8 Å². The van der Waals surface area contributed by atoms with E-state index in [0.717, 1.165) is 41.5 Å². The first-order chi connectivity index (χ1) is 12.1. The molecule has 0 aliphatic carbocycles. The Morgan fingerprint density at radius 2 is 2.20 bits per heavy atom. The number of likely N-dealkylation sites (tertiary alicyclic amines) is 1. The SMILES string of the molecule is Cc1nc(-c2ccc3c(c2)CCN3C(=O)CN2CCCCC2C)cs1. The second kappa shape index (κ2) is 6.89. The summed E-state index contributed by atoms with van der Waals surface area (Å²) in [5.74, 6) is 0.241. The third-order valence-electron chi connectivity index (χ3n) is 5.47. The molecule has 1 aromatic heterocycles. The molecule has 1 unspecified atom stereocenters. The van der Waals surface area contributed by atoms with E-state index in [9.17, 15) is 4.79 Å². The monoisotopic (exact) mass is 355 g/mol. The Bertz CT molecular complexity index is 785. The Labute approximate surface area is 153 Å². The van der Waals surface area contributed by atoms with Crippen molar-refractivity contribution in [3.05, 3.63) is 34.2 Å². The van der Waals surface area contributed by atoms with Crippen molar-refractivity contribution in [3.8, 4) is 11.3 Å². The number of carbonyl (C=O) groups is 1. The number of fused-ring (bicyclic) bond motifs is 1. The molecule has 0 radical (unpaired) electrons. The van der Waals surface area contributed by atoms with Gasteiger partial charge >= 0.3 is 0 Å². The Morgan fingerprint density at radius 3 is 2.96 bits per heavy atom. The molecule has 1 atom stereocenters. The lowest BCUT2D eigenvalue weighted by Crippen LogP contribution is -2.45. The van der Waals surface area contributed by atoms with Crippen molar-refractivity contribution in [1.82, 2.24) is 9.88 Å². The van der Waals surface area contributed by atoms with Gasteiger partial charge in [-0.25, -0.2) is 4.98 Å². The zero-order valence-corrected chi connectivity index (χ0v) is 15.8. The van der Waals surface area contributed by atoms with Gasteiger partial charge in [0.1, 0.15) is 0 Å². The van der Waals surface area contributed by atoms with Crippen LogP contribution in [0.4, 0.5) is 5.69 Å². The van der Waals surface area contributed by atoms with Crippen molar-refractivity contribution >= 4 is 22.9 Å². The first-order valence-electron chi connectivity index (χ1n) is 9.21. The summed E-state index contributed by atoms with van der Waals surface area (Å²) in [6, 6.07) is 6.93. The summed E-state index contributed by atoms with van der Waals surface area (Å²) < 4.78 is 0. The molecule has 4 nitrogen and oxygen atoms in total. The van der Waals surface area contributed by atoms with E-state index in [-0.39, 0.29) is 5.91 Å². The highest BCUT2D eigenvalue weighted by Gasteiger charge is 2.28. The Balaban J connectivity index is 1.50. The second-order valence-corrected chi connectivity index (χ2v) is 8.27. The molecule has 25 heavy (non-hydrogen) atoms. The number of hydrogen-bond donors (Lipinski definition) is 0. The largest absolute Gasteiger partial charge is 0.311 e. The van der Waals surface area contributed by atoms with Crippen LogP contribution in [0, 0.1) is 6.92 Å². The number of benzene rings is 1. The van der Waals surface area contributed by atoms with Crippen LogP contribution in [0.3, 0.4) is 0 Å². The molecule has 0 N–H and O–H groups in total. The molecule has 1 amide bonds. The fraction of sp³-hybridized carbons (Fsp3) is 0.500. The highest BCUT2D eigenvalue weighted by molar-refractivity contribution is 7.09. The summed E-state index contributed by atoms with van der Waals surface area (Å²) >= 11 is 1.68. The van der Waals surface area contributed by atoms with Crippen molar-refractivity contribution in [2.45, 2.75) is 45.6 Å². The summed E-state index contributed by atoms with van der Waals surface area (Å²) in [7, 11) is 0. The Hall–Kier alpha value is -1.72. The third kappa shape index (κ3) is 3.35. The zero-order valence-electron chi connectivity index (χ0n) is 15.0. The van der Waals surface area contributed by atoms with Gasteiger partial charge in [-0.3, -0.25) is 9.69 Å². The molecule has 1 aromatic carbocycles. The van der Waals surface area contributed by atoms with Gasteiger partial charge in [0.25, 0.3) is 0 Å². The van der Waals surface area contributed by atoms with Gasteiger partial charge in [-0.1, -0.05) is 12.5 Å². The fourth-order valence-electron chi connectivity index (χ4n) is 3.97. The van der Waals surface area contributed by atoms with E-state index >= 15 is 0 Å². The van der Waals surface area contributed by atoms with Crippen LogP contribution in [0.25, 0.3) is 11.3 Å². The van der Waals surface area contributed by atoms with E-state index in [4.69, 9.17) is 0 Å². The number of anilines is 1. The highest BCUT2D eigenvalue weighted by atomic mass is 32.1. The van der Waals surface area contributed by atoms with Crippen LogP contribution in [0.1, 0.15) is 36.8 Å². The Kier molecular flexibility index (Phi) is 4.61. The second-order valence-electron chi connectivity index (χ2n) is 7.21. The molecular weight excluding hydrogens is 330 g/mol. The quantitative estimate of drug-likeness (QED) is 0.838. The van der Waals surface area contributed by atoms with Gasteiger partial charge < -0.3 is 4.90 Å². The van der Waals surface area contributed by atoms with E-state index in [1.54, 1.807) is 11.3 Å². The van der Waals surface area contributed by atoms with Gasteiger partial charge in [0.05, 0.1) is 17.2 Å². The molecule has 1 fully saturated rings. The highest BCUT2D eigenvalue weighted by Crippen LogP contribution is 2.33.